The molecule has 1 aromatic carbocycles. The molecule has 6 heteroatoms. The van der Waals surface area contributed by atoms with Crippen molar-refractivity contribution in [3.63, 3.8) is 0 Å². The van der Waals surface area contributed by atoms with Crippen molar-refractivity contribution in [3.05, 3.63) is 23.8 Å². The van der Waals surface area contributed by atoms with Crippen LogP contribution in [-0.2, 0) is 10.0 Å². The third-order valence-corrected chi connectivity index (χ3v) is 6.36. The Bertz CT molecular complexity index is 601. The third-order valence-electron chi connectivity index (χ3n) is 4.39. The van der Waals surface area contributed by atoms with Gasteiger partial charge in [-0.15, -0.1) is 0 Å². The van der Waals surface area contributed by atoms with Gasteiger partial charge in [0.15, 0.2) is 0 Å². The smallest absolute Gasteiger partial charge is 0.243 e. The fourth-order valence-electron chi connectivity index (χ4n) is 2.99. The van der Waals surface area contributed by atoms with E-state index in [1.165, 1.54) is 4.31 Å². The molecule has 2 N–H and O–H groups in total. The molecule has 2 rings (SSSR count). The fraction of sp³-hybridized carbons (Fsp3) is 0.600. The Morgan fingerprint density at radius 1 is 1.43 bits per heavy atom. The first-order valence-corrected chi connectivity index (χ1v) is 8.87. The standard InChI is InChI=1S/C15H25N3O2S/c1-4-18-10-6-7-13(18)11-17(3)21(19,20)15-9-5-8-14(16)12(15)2/h5,8-9,13H,4,6-7,10-11,16H2,1-3H3. The second kappa shape index (κ2) is 6.34. The van der Waals surface area contributed by atoms with Crippen LogP contribution in [0, 0.1) is 6.92 Å². The number of sulfonamides is 1. The molecule has 1 unspecified atom stereocenters. The van der Waals surface area contributed by atoms with E-state index in [-0.39, 0.29) is 0 Å². The SMILES string of the molecule is CCN1CCCC1CN(C)S(=O)(=O)c1cccc(N)c1C. The van der Waals surface area contributed by atoms with Gasteiger partial charge < -0.3 is 5.73 Å². The minimum Gasteiger partial charge on any atom is -0.398 e. The summed E-state index contributed by atoms with van der Waals surface area (Å²) in [4.78, 5) is 2.66. The monoisotopic (exact) mass is 311 g/mol. The zero-order chi connectivity index (χ0) is 15.6. The van der Waals surface area contributed by atoms with Crippen LogP contribution in [0.25, 0.3) is 0 Å². The highest BCUT2D eigenvalue weighted by atomic mass is 32.2. The summed E-state index contributed by atoms with van der Waals surface area (Å²) in [5.74, 6) is 0. The predicted molar refractivity (Wildman–Crippen MR) is 85.7 cm³/mol. The molecule has 1 atom stereocenters. The lowest BCUT2D eigenvalue weighted by Gasteiger charge is -2.27. The number of anilines is 1. The van der Waals surface area contributed by atoms with Crippen LogP contribution < -0.4 is 5.73 Å². The van der Waals surface area contributed by atoms with Crippen molar-refractivity contribution in [2.45, 2.75) is 37.6 Å². The second-order valence-corrected chi connectivity index (χ2v) is 7.69. The maximum absolute atomic E-state index is 12.7. The summed E-state index contributed by atoms with van der Waals surface area (Å²) in [6.07, 6.45) is 2.20. The van der Waals surface area contributed by atoms with Gasteiger partial charge in [0.05, 0.1) is 4.90 Å². The Hall–Kier alpha value is -1.11. The lowest BCUT2D eigenvalue weighted by molar-refractivity contribution is 0.237. The van der Waals surface area contributed by atoms with Gasteiger partial charge in [-0.3, -0.25) is 4.90 Å². The van der Waals surface area contributed by atoms with Crippen molar-refractivity contribution in [2.24, 2.45) is 0 Å². The van der Waals surface area contributed by atoms with Gasteiger partial charge >= 0.3 is 0 Å². The number of rotatable bonds is 5. The molecule has 0 aliphatic carbocycles. The number of likely N-dealkylation sites (N-methyl/N-ethyl adjacent to an activating group) is 2. The highest BCUT2D eigenvalue weighted by Crippen LogP contribution is 2.25. The van der Waals surface area contributed by atoms with Crippen molar-refractivity contribution in [1.29, 1.82) is 0 Å². The third kappa shape index (κ3) is 3.22. The lowest BCUT2D eigenvalue weighted by atomic mass is 10.2. The average Bonchev–Trinajstić information content (AvgIpc) is 2.88. The first-order chi connectivity index (χ1) is 9.87. The van der Waals surface area contributed by atoms with E-state index in [0.29, 0.717) is 28.7 Å². The van der Waals surface area contributed by atoms with Crippen LogP contribution in [0.2, 0.25) is 0 Å². The maximum Gasteiger partial charge on any atom is 0.243 e. The Kier molecular flexibility index (Phi) is 4.91. The van der Waals surface area contributed by atoms with Crippen molar-refractivity contribution in [2.75, 3.05) is 32.4 Å². The Balaban J connectivity index is 2.21. The van der Waals surface area contributed by atoms with Crippen LogP contribution in [0.1, 0.15) is 25.3 Å². The molecule has 21 heavy (non-hydrogen) atoms. The first-order valence-electron chi connectivity index (χ1n) is 7.43. The lowest BCUT2D eigenvalue weighted by Crippen LogP contribution is -2.41. The summed E-state index contributed by atoms with van der Waals surface area (Å²) in [7, 11) is -1.83. The van der Waals surface area contributed by atoms with Crippen LogP contribution in [0.4, 0.5) is 5.69 Å². The zero-order valence-corrected chi connectivity index (χ0v) is 13.9. The van der Waals surface area contributed by atoms with Crippen molar-refractivity contribution < 1.29 is 8.42 Å². The largest absolute Gasteiger partial charge is 0.398 e. The Morgan fingerprint density at radius 2 is 2.14 bits per heavy atom. The van der Waals surface area contributed by atoms with Crippen LogP contribution in [0.5, 0.6) is 0 Å². The predicted octanol–water partition coefficient (Wildman–Crippen LogP) is 1.68. The van der Waals surface area contributed by atoms with E-state index >= 15 is 0 Å². The highest BCUT2D eigenvalue weighted by molar-refractivity contribution is 7.89. The Labute approximate surface area is 127 Å². The molecule has 118 valence electrons. The molecule has 0 amide bonds. The molecule has 1 saturated heterocycles. The van der Waals surface area contributed by atoms with E-state index in [0.717, 1.165) is 25.9 Å². The Morgan fingerprint density at radius 3 is 2.81 bits per heavy atom. The van der Waals surface area contributed by atoms with Crippen LogP contribution in [-0.4, -0.2) is 50.3 Å². The van der Waals surface area contributed by atoms with Gasteiger partial charge in [-0.1, -0.05) is 13.0 Å². The van der Waals surface area contributed by atoms with Gasteiger partial charge in [-0.25, -0.2) is 8.42 Å². The number of hydrogen-bond acceptors (Lipinski definition) is 4. The van der Waals surface area contributed by atoms with E-state index in [1.807, 2.05) is 0 Å². The molecular weight excluding hydrogens is 286 g/mol. The molecule has 1 aliphatic rings. The maximum atomic E-state index is 12.7. The van der Waals surface area contributed by atoms with Gasteiger partial charge in [0.1, 0.15) is 0 Å². The number of benzene rings is 1. The second-order valence-electron chi connectivity index (χ2n) is 5.68. The van der Waals surface area contributed by atoms with Crippen molar-refractivity contribution >= 4 is 15.7 Å². The molecule has 1 aliphatic heterocycles. The van der Waals surface area contributed by atoms with E-state index < -0.39 is 10.0 Å². The molecule has 0 radical (unpaired) electrons. The summed E-state index contributed by atoms with van der Waals surface area (Å²) in [6, 6.07) is 5.36. The minimum atomic E-state index is -3.48. The molecular formula is C15H25N3O2S. The van der Waals surface area contributed by atoms with E-state index in [1.54, 1.807) is 32.2 Å². The molecule has 1 heterocycles. The summed E-state index contributed by atoms with van der Waals surface area (Å²) < 4.78 is 26.9. The van der Waals surface area contributed by atoms with E-state index in [2.05, 4.69) is 11.8 Å². The summed E-state index contributed by atoms with van der Waals surface area (Å²) >= 11 is 0. The average molecular weight is 311 g/mol. The number of nitrogen functional groups attached to an aromatic ring is 1. The van der Waals surface area contributed by atoms with E-state index in [9.17, 15) is 8.42 Å². The fourth-order valence-corrected chi connectivity index (χ4v) is 4.45. The number of likely N-dealkylation sites (tertiary alicyclic amines) is 1. The molecule has 1 fully saturated rings. The molecule has 0 aromatic heterocycles. The van der Waals surface area contributed by atoms with Crippen molar-refractivity contribution in [3.8, 4) is 0 Å². The molecule has 0 spiro atoms. The molecule has 5 nitrogen and oxygen atoms in total. The molecule has 0 bridgehead atoms. The summed E-state index contributed by atoms with van der Waals surface area (Å²) in [5, 5.41) is 0. The van der Waals surface area contributed by atoms with Gasteiger partial charge in [0, 0.05) is 25.3 Å². The molecule has 1 aromatic rings. The van der Waals surface area contributed by atoms with E-state index in [4.69, 9.17) is 5.73 Å². The normalized spacial score (nSPS) is 20.3. The first kappa shape index (κ1) is 16.3. The van der Waals surface area contributed by atoms with Gasteiger partial charge in [0.25, 0.3) is 0 Å². The van der Waals surface area contributed by atoms with Gasteiger partial charge in [-0.05, 0) is 50.6 Å². The highest BCUT2D eigenvalue weighted by Gasteiger charge is 2.30. The van der Waals surface area contributed by atoms with Crippen molar-refractivity contribution in [1.82, 2.24) is 9.21 Å². The topological polar surface area (TPSA) is 66.6 Å². The quantitative estimate of drug-likeness (QED) is 0.840. The number of nitrogens with two attached hydrogens (primary N) is 1. The molecule has 0 saturated carbocycles. The minimum absolute atomic E-state index is 0.311. The van der Waals surface area contributed by atoms with Crippen LogP contribution in [0.3, 0.4) is 0 Å². The number of hydrogen-bond donors (Lipinski definition) is 1. The van der Waals surface area contributed by atoms with Gasteiger partial charge in [0.2, 0.25) is 10.0 Å². The van der Waals surface area contributed by atoms with Crippen LogP contribution >= 0.6 is 0 Å². The zero-order valence-electron chi connectivity index (χ0n) is 13.0. The summed E-state index contributed by atoms with van der Waals surface area (Å²) in [5.41, 5.74) is 6.98. The summed E-state index contributed by atoms with van der Waals surface area (Å²) in [6.45, 7) is 6.44. The van der Waals surface area contributed by atoms with Gasteiger partial charge in [-0.2, -0.15) is 4.31 Å². The van der Waals surface area contributed by atoms with Crippen LogP contribution in [0.15, 0.2) is 23.1 Å². The number of nitrogens with zero attached hydrogens (tertiary/aromatic N) is 2.